The van der Waals surface area contributed by atoms with Crippen LogP contribution in [0.5, 0.6) is 0 Å². The van der Waals surface area contributed by atoms with Gasteiger partial charge in [0.25, 0.3) is 5.56 Å². The van der Waals surface area contributed by atoms with Gasteiger partial charge in [-0.1, -0.05) is 30.3 Å². The lowest BCUT2D eigenvalue weighted by atomic mass is 10.1. The van der Waals surface area contributed by atoms with Crippen molar-refractivity contribution in [1.29, 1.82) is 0 Å². The maximum atomic E-state index is 12.5. The van der Waals surface area contributed by atoms with Crippen molar-refractivity contribution in [3.05, 3.63) is 75.7 Å². The lowest BCUT2D eigenvalue weighted by molar-refractivity contribution is -0.137. The second-order valence-electron chi connectivity index (χ2n) is 4.92. The Morgan fingerprint density at radius 1 is 0.957 bits per heavy atom. The number of H-pyrrole nitrogens is 1. The fraction of sp³-hybridized carbons (Fsp3) is 0.0588. The van der Waals surface area contributed by atoms with Crippen molar-refractivity contribution >= 4 is 23.2 Å². The molecule has 0 unspecified atom stereocenters. The van der Waals surface area contributed by atoms with Gasteiger partial charge in [0.15, 0.2) is 0 Å². The Morgan fingerprint density at radius 3 is 2.35 bits per heavy atom. The summed E-state index contributed by atoms with van der Waals surface area (Å²) in [5.41, 5.74) is 0.947. The SMILES string of the molecule is O=c1[nH]c2ccccc2nc1/C=C/c1ccc(C(F)(F)F)cc1. The summed E-state index contributed by atoms with van der Waals surface area (Å²) in [5, 5.41) is 0. The van der Waals surface area contributed by atoms with Gasteiger partial charge in [-0.25, -0.2) is 4.98 Å². The molecule has 0 saturated heterocycles. The van der Waals surface area contributed by atoms with Crippen LogP contribution in [0, 0.1) is 0 Å². The minimum atomic E-state index is -4.36. The second-order valence-corrected chi connectivity index (χ2v) is 4.92. The standard InChI is InChI=1S/C17H11F3N2O/c18-17(19,20)12-8-5-11(6-9-12)7-10-15-16(23)22-14-4-2-1-3-13(14)21-15/h1-10H,(H,22,23)/b10-7+. The minimum Gasteiger partial charge on any atom is -0.319 e. The lowest BCUT2D eigenvalue weighted by Crippen LogP contribution is -2.11. The van der Waals surface area contributed by atoms with Crippen LogP contribution in [0.3, 0.4) is 0 Å². The van der Waals surface area contributed by atoms with Gasteiger partial charge in [-0.3, -0.25) is 4.79 Å². The molecule has 0 aliphatic heterocycles. The third-order valence-electron chi connectivity index (χ3n) is 3.30. The summed E-state index contributed by atoms with van der Waals surface area (Å²) in [4.78, 5) is 18.9. The van der Waals surface area contributed by atoms with Crippen molar-refractivity contribution in [2.45, 2.75) is 6.18 Å². The lowest BCUT2D eigenvalue weighted by Gasteiger charge is -2.05. The number of rotatable bonds is 2. The van der Waals surface area contributed by atoms with Gasteiger partial charge in [0.1, 0.15) is 5.69 Å². The van der Waals surface area contributed by atoms with E-state index in [0.717, 1.165) is 12.1 Å². The zero-order valence-electron chi connectivity index (χ0n) is 11.8. The summed E-state index contributed by atoms with van der Waals surface area (Å²) in [5.74, 6) is 0. The predicted molar refractivity (Wildman–Crippen MR) is 82.7 cm³/mol. The molecule has 1 heterocycles. The van der Waals surface area contributed by atoms with E-state index in [9.17, 15) is 18.0 Å². The molecule has 0 fully saturated rings. The van der Waals surface area contributed by atoms with E-state index in [1.54, 1.807) is 30.3 Å². The number of para-hydroxylation sites is 2. The molecule has 0 spiro atoms. The van der Waals surface area contributed by atoms with E-state index in [2.05, 4.69) is 9.97 Å². The van der Waals surface area contributed by atoms with E-state index in [1.165, 1.54) is 18.2 Å². The molecule has 0 atom stereocenters. The zero-order chi connectivity index (χ0) is 16.4. The van der Waals surface area contributed by atoms with Gasteiger partial charge in [0.2, 0.25) is 0 Å². The third-order valence-corrected chi connectivity index (χ3v) is 3.30. The molecule has 3 aromatic rings. The molecule has 0 aliphatic carbocycles. The number of hydrogen-bond donors (Lipinski definition) is 1. The molecular formula is C17H11F3N2O. The number of aromatic nitrogens is 2. The van der Waals surface area contributed by atoms with E-state index in [4.69, 9.17) is 0 Å². The van der Waals surface area contributed by atoms with Crippen LogP contribution >= 0.6 is 0 Å². The molecule has 0 radical (unpaired) electrons. The normalized spacial score (nSPS) is 12.1. The molecule has 6 heteroatoms. The average Bonchev–Trinajstić information content (AvgIpc) is 2.52. The highest BCUT2D eigenvalue weighted by Crippen LogP contribution is 2.29. The number of halogens is 3. The highest BCUT2D eigenvalue weighted by molar-refractivity contribution is 5.76. The summed E-state index contributed by atoms with van der Waals surface area (Å²) in [6.07, 6.45) is -1.33. The van der Waals surface area contributed by atoms with Crippen molar-refractivity contribution in [3.8, 4) is 0 Å². The highest BCUT2D eigenvalue weighted by atomic mass is 19.4. The van der Waals surface area contributed by atoms with Crippen LogP contribution in [-0.4, -0.2) is 9.97 Å². The number of alkyl halides is 3. The molecule has 3 nitrogen and oxygen atoms in total. The summed E-state index contributed by atoms with van der Waals surface area (Å²) in [7, 11) is 0. The van der Waals surface area contributed by atoms with Crippen molar-refractivity contribution in [2.75, 3.05) is 0 Å². The Morgan fingerprint density at radius 2 is 1.65 bits per heavy atom. The molecule has 2 aromatic carbocycles. The maximum absolute atomic E-state index is 12.5. The van der Waals surface area contributed by atoms with Crippen molar-refractivity contribution in [3.63, 3.8) is 0 Å². The van der Waals surface area contributed by atoms with Crippen LogP contribution < -0.4 is 5.56 Å². The molecule has 0 amide bonds. The summed E-state index contributed by atoms with van der Waals surface area (Å²) in [6, 6.07) is 11.8. The van der Waals surface area contributed by atoms with Gasteiger partial charge in [0, 0.05) is 0 Å². The first kappa shape index (κ1) is 15.0. The van der Waals surface area contributed by atoms with E-state index in [1.807, 2.05) is 0 Å². The Labute approximate surface area is 129 Å². The summed E-state index contributed by atoms with van der Waals surface area (Å²) >= 11 is 0. The van der Waals surface area contributed by atoms with Gasteiger partial charge in [-0.2, -0.15) is 13.2 Å². The van der Waals surface area contributed by atoms with Crippen LogP contribution in [-0.2, 0) is 6.18 Å². The van der Waals surface area contributed by atoms with Crippen LogP contribution in [0.4, 0.5) is 13.2 Å². The van der Waals surface area contributed by atoms with Gasteiger partial charge in [-0.15, -0.1) is 0 Å². The second kappa shape index (κ2) is 5.72. The summed E-state index contributed by atoms with van der Waals surface area (Å²) < 4.78 is 37.5. The van der Waals surface area contributed by atoms with Gasteiger partial charge < -0.3 is 4.98 Å². The van der Waals surface area contributed by atoms with Crippen LogP contribution in [0.15, 0.2) is 53.3 Å². The molecule has 0 saturated carbocycles. The van der Waals surface area contributed by atoms with E-state index >= 15 is 0 Å². The zero-order valence-corrected chi connectivity index (χ0v) is 11.8. The molecule has 1 aromatic heterocycles. The van der Waals surface area contributed by atoms with Gasteiger partial charge in [0.05, 0.1) is 16.6 Å². The number of aromatic amines is 1. The number of nitrogens with zero attached hydrogens (tertiary/aromatic N) is 1. The smallest absolute Gasteiger partial charge is 0.319 e. The van der Waals surface area contributed by atoms with Crippen molar-refractivity contribution < 1.29 is 13.2 Å². The van der Waals surface area contributed by atoms with Crippen molar-refractivity contribution in [2.24, 2.45) is 0 Å². The maximum Gasteiger partial charge on any atom is 0.416 e. The largest absolute Gasteiger partial charge is 0.416 e. The molecule has 0 aliphatic rings. The molecular weight excluding hydrogens is 305 g/mol. The fourth-order valence-corrected chi connectivity index (χ4v) is 2.12. The highest BCUT2D eigenvalue weighted by Gasteiger charge is 2.29. The Hall–Kier alpha value is -2.89. The predicted octanol–water partition coefficient (Wildman–Crippen LogP) is 4.11. The fourth-order valence-electron chi connectivity index (χ4n) is 2.12. The van der Waals surface area contributed by atoms with Crippen LogP contribution in [0.2, 0.25) is 0 Å². The number of hydrogen-bond acceptors (Lipinski definition) is 2. The quantitative estimate of drug-likeness (QED) is 0.773. The Kier molecular flexibility index (Phi) is 3.73. The van der Waals surface area contributed by atoms with Crippen LogP contribution in [0.25, 0.3) is 23.2 Å². The van der Waals surface area contributed by atoms with Crippen LogP contribution in [0.1, 0.15) is 16.8 Å². The van der Waals surface area contributed by atoms with Gasteiger partial charge >= 0.3 is 6.18 Å². The number of fused-ring (bicyclic) bond motifs is 1. The van der Waals surface area contributed by atoms with Crippen molar-refractivity contribution in [1.82, 2.24) is 9.97 Å². The molecule has 23 heavy (non-hydrogen) atoms. The first-order chi connectivity index (χ1) is 10.9. The minimum absolute atomic E-state index is 0.198. The van der Waals surface area contributed by atoms with E-state index in [-0.39, 0.29) is 11.3 Å². The molecule has 3 rings (SSSR count). The monoisotopic (exact) mass is 316 g/mol. The third kappa shape index (κ3) is 3.31. The number of benzene rings is 2. The average molecular weight is 316 g/mol. The Balaban J connectivity index is 1.91. The first-order valence-electron chi connectivity index (χ1n) is 6.78. The topological polar surface area (TPSA) is 45.8 Å². The van der Waals surface area contributed by atoms with Gasteiger partial charge in [-0.05, 0) is 35.9 Å². The molecule has 1 N–H and O–H groups in total. The van der Waals surface area contributed by atoms with E-state index < -0.39 is 11.7 Å². The molecule has 0 bridgehead atoms. The molecule has 116 valence electrons. The van der Waals surface area contributed by atoms with E-state index in [0.29, 0.717) is 16.6 Å². The first-order valence-corrected chi connectivity index (χ1v) is 6.78. The summed E-state index contributed by atoms with van der Waals surface area (Å²) in [6.45, 7) is 0. The number of nitrogens with one attached hydrogen (secondary N) is 1. The Bertz CT molecular complexity index is 925.